The van der Waals surface area contributed by atoms with Crippen molar-refractivity contribution in [3.63, 3.8) is 0 Å². The third kappa shape index (κ3) is 4.66. The highest BCUT2D eigenvalue weighted by molar-refractivity contribution is 6.33. The molecule has 1 aromatic carbocycles. The summed E-state index contributed by atoms with van der Waals surface area (Å²) in [6, 6.07) is 5.64. The average molecular weight is 476 g/mol. The van der Waals surface area contributed by atoms with Crippen LogP contribution in [0.2, 0.25) is 10.0 Å². The minimum Gasteiger partial charge on any atom is -0.495 e. The van der Waals surface area contributed by atoms with E-state index in [1.807, 2.05) is 6.92 Å². The second-order valence-electron chi connectivity index (χ2n) is 8.12. The molecule has 0 saturated heterocycles. The fraction of sp³-hybridized carbons (Fsp3) is 0.364. The van der Waals surface area contributed by atoms with E-state index >= 15 is 0 Å². The zero-order chi connectivity index (χ0) is 23.0. The molecule has 2 unspecified atom stereocenters. The second kappa shape index (κ2) is 8.96. The van der Waals surface area contributed by atoms with E-state index in [1.54, 1.807) is 25.1 Å². The van der Waals surface area contributed by atoms with E-state index in [0.717, 1.165) is 12.8 Å². The Labute approximate surface area is 195 Å². The van der Waals surface area contributed by atoms with Crippen molar-refractivity contribution >= 4 is 52.4 Å². The number of aryl methyl sites for hydroxylation is 1. The Morgan fingerprint density at radius 1 is 1.28 bits per heavy atom. The van der Waals surface area contributed by atoms with E-state index < -0.39 is 11.9 Å². The Bertz CT molecular complexity index is 1100. The van der Waals surface area contributed by atoms with Crippen LogP contribution in [0.15, 0.2) is 35.6 Å². The Morgan fingerprint density at radius 2 is 2.03 bits per heavy atom. The molecule has 1 aliphatic carbocycles. The molecular weight excluding hydrogens is 453 g/mol. The fourth-order valence-corrected chi connectivity index (χ4v) is 4.21. The predicted octanol–water partition coefficient (Wildman–Crippen LogP) is 4.31. The van der Waals surface area contributed by atoms with Crippen LogP contribution in [0.25, 0.3) is 0 Å². The Morgan fingerprint density at radius 3 is 2.72 bits per heavy atom. The predicted molar refractivity (Wildman–Crippen MR) is 125 cm³/mol. The minimum absolute atomic E-state index is 0.0222. The summed E-state index contributed by atoms with van der Waals surface area (Å²) in [4.78, 5) is 30.4. The number of carbonyl (C=O) groups is 2. The van der Waals surface area contributed by atoms with Gasteiger partial charge in [-0.25, -0.2) is 9.99 Å². The normalized spacial score (nSPS) is 18.8. The quantitative estimate of drug-likeness (QED) is 0.576. The van der Waals surface area contributed by atoms with Gasteiger partial charge in [-0.15, -0.1) is 5.10 Å². The van der Waals surface area contributed by atoms with Crippen LogP contribution in [0.3, 0.4) is 0 Å². The molecule has 3 N–H and O–H groups in total. The molecule has 1 aromatic heterocycles. The molecule has 0 spiro atoms. The molecular formula is C22H23Cl2N5O3. The summed E-state index contributed by atoms with van der Waals surface area (Å²) in [7, 11) is 0. The van der Waals surface area contributed by atoms with E-state index in [9.17, 15) is 14.7 Å². The number of carbonyl (C=O) groups excluding carboxylic acids is 2. The van der Waals surface area contributed by atoms with Crippen molar-refractivity contribution in [2.75, 3.05) is 10.3 Å². The molecule has 2 amide bonds. The van der Waals surface area contributed by atoms with Crippen LogP contribution in [0.1, 0.15) is 42.1 Å². The van der Waals surface area contributed by atoms with Crippen LogP contribution < -0.4 is 15.6 Å². The van der Waals surface area contributed by atoms with Gasteiger partial charge in [0.1, 0.15) is 6.04 Å². The van der Waals surface area contributed by atoms with Gasteiger partial charge in [0.25, 0.3) is 5.91 Å². The van der Waals surface area contributed by atoms with Gasteiger partial charge in [-0.05, 0) is 62.4 Å². The van der Waals surface area contributed by atoms with Crippen molar-refractivity contribution in [3.05, 3.63) is 51.6 Å². The van der Waals surface area contributed by atoms with Crippen molar-refractivity contribution in [2.45, 2.75) is 45.2 Å². The number of rotatable bonds is 6. The minimum atomic E-state index is -0.890. The van der Waals surface area contributed by atoms with Gasteiger partial charge in [-0.1, -0.05) is 23.2 Å². The first-order chi connectivity index (χ1) is 15.2. The molecule has 8 nitrogen and oxygen atoms in total. The van der Waals surface area contributed by atoms with E-state index in [-0.39, 0.29) is 35.6 Å². The summed E-state index contributed by atoms with van der Waals surface area (Å²) in [5, 5.41) is 21.8. The van der Waals surface area contributed by atoms with Gasteiger partial charge < -0.3 is 15.7 Å². The number of hydrogen-bond acceptors (Lipinski definition) is 5. The lowest BCUT2D eigenvalue weighted by Gasteiger charge is -2.23. The summed E-state index contributed by atoms with van der Waals surface area (Å²) in [6.45, 7) is 3.73. The van der Waals surface area contributed by atoms with Crippen molar-refractivity contribution in [3.8, 4) is 0 Å². The Kier molecular flexibility index (Phi) is 6.26. The number of amides is 2. The van der Waals surface area contributed by atoms with Crippen molar-refractivity contribution in [1.29, 1.82) is 0 Å². The molecule has 1 aliphatic heterocycles. The van der Waals surface area contributed by atoms with Crippen LogP contribution in [0, 0.1) is 12.8 Å². The lowest BCUT2D eigenvalue weighted by atomic mass is 10.1. The monoisotopic (exact) mass is 475 g/mol. The molecule has 0 bridgehead atoms. The Balaban J connectivity index is 1.60. The Hall–Kier alpha value is -2.84. The molecule has 1 saturated carbocycles. The molecule has 168 valence electrons. The van der Waals surface area contributed by atoms with Crippen LogP contribution in [0.5, 0.6) is 0 Å². The number of nitrogens with zero attached hydrogens (tertiary/aromatic N) is 3. The lowest BCUT2D eigenvalue weighted by Crippen LogP contribution is -2.40. The molecule has 32 heavy (non-hydrogen) atoms. The van der Waals surface area contributed by atoms with Gasteiger partial charge in [-0.2, -0.15) is 0 Å². The first-order valence-corrected chi connectivity index (χ1v) is 11.1. The summed E-state index contributed by atoms with van der Waals surface area (Å²) in [6.07, 6.45) is 3.69. The maximum absolute atomic E-state index is 13.2. The average Bonchev–Trinajstić information content (AvgIpc) is 3.52. The number of halogens is 2. The van der Waals surface area contributed by atoms with E-state index in [2.05, 4.69) is 20.7 Å². The molecule has 1 fully saturated rings. The number of anilines is 2. The number of aliphatic hydroxyl groups is 1. The molecule has 2 heterocycles. The van der Waals surface area contributed by atoms with Crippen molar-refractivity contribution in [2.24, 2.45) is 11.0 Å². The molecule has 2 aromatic rings. The summed E-state index contributed by atoms with van der Waals surface area (Å²) >= 11 is 12.4. The first-order valence-electron chi connectivity index (χ1n) is 10.3. The van der Waals surface area contributed by atoms with Gasteiger partial charge in [0.05, 0.1) is 22.7 Å². The molecule has 2 aliphatic rings. The summed E-state index contributed by atoms with van der Waals surface area (Å²) in [5.74, 6) is -0.249. The number of benzene rings is 1. The number of pyridine rings is 1. The van der Waals surface area contributed by atoms with E-state index in [1.165, 1.54) is 17.3 Å². The number of aromatic nitrogens is 1. The number of nitrogens with one attached hydrogen (secondary N) is 2. The third-order valence-corrected chi connectivity index (χ3v) is 6.15. The fourth-order valence-electron chi connectivity index (χ4n) is 3.73. The highest BCUT2D eigenvalue weighted by atomic mass is 35.5. The van der Waals surface area contributed by atoms with Gasteiger partial charge >= 0.3 is 0 Å². The smallest absolute Gasteiger partial charge is 0.253 e. The maximum atomic E-state index is 13.2. The highest BCUT2D eigenvalue weighted by Gasteiger charge is 2.36. The van der Waals surface area contributed by atoms with E-state index in [0.29, 0.717) is 27.2 Å². The van der Waals surface area contributed by atoms with Gasteiger partial charge in [0.2, 0.25) is 11.8 Å². The van der Waals surface area contributed by atoms with Gasteiger partial charge in [-0.3, -0.25) is 9.59 Å². The van der Waals surface area contributed by atoms with Gasteiger partial charge in [0, 0.05) is 17.3 Å². The highest BCUT2D eigenvalue weighted by Crippen LogP contribution is 2.34. The van der Waals surface area contributed by atoms with Crippen molar-refractivity contribution in [1.82, 2.24) is 10.3 Å². The SMILES string of the molecule is Cc1cc(Cl)cc(C(=O)NC(C)C2CC2)c1NC(=O)C1CC(O)=NN1c1ncccc1Cl. The standard InChI is InChI=1S/C22H23Cl2N5O3/c1-11-8-14(23)9-15(21(31)26-12(2)13-5-6-13)19(11)27-22(32)17-10-18(30)28-29(17)20-16(24)4-3-7-25-20/h3-4,7-9,12-13,17H,5-6,10H2,1-2H3,(H,26,31)(H,27,32)(H,28,30). The number of hydrogen-bond donors (Lipinski definition) is 3. The molecule has 0 radical (unpaired) electrons. The topological polar surface area (TPSA) is 107 Å². The lowest BCUT2D eigenvalue weighted by molar-refractivity contribution is -0.117. The van der Waals surface area contributed by atoms with Crippen molar-refractivity contribution < 1.29 is 14.7 Å². The zero-order valence-corrected chi connectivity index (χ0v) is 19.1. The van der Waals surface area contributed by atoms with Crippen LogP contribution in [-0.4, -0.2) is 39.9 Å². The largest absolute Gasteiger partial charge is 0.495 e. The summed E-state index contributed by atoms with van der Waals surface area (Å²) in [5.41, 5.74) is 1.28. The molecule has 4 rings (SSSR count). The molecule has 2 atom stereocenters. The van der Waals surface area contributed by atoms with Gasteiger partial charge in [0.15, 0.2) is 5.82 Å². The zero-order valence-electron chi connectivity index (χ0n) is 17.6. The second-order valence-corrected chi connectivity index (χ2v) is 8.97. The maximum Gasteiger partial charge on any atom is 0.253 e. The number of aliphatic hydroxyl groups excluding tert-OH is 1. The summed E-state index contributed by atoms with van der Waals surface area (Å²) < 4.78 is 0. The van der Waals surface area contributed by atoms with Crippen LogP contribution in [-0.2, 0) is 4.79 Å². The van der Waals surface area contributed by atoms with Crippen LogP contribution in [0.4, 0.5) is 11.5 Å². The van der Waals surface area contributed by atoms with Crippen LogP contribution >= 0.6 is 23.2 Å². The number of hydrazone groups is 1. The van der Waals surface area contributed by atoms with E-state index in [4.69, 9.17) is 23.2 Å². The third-order valence-electron chi connectivity index (χ3n) is 5.63. The molecule has 10 heteroatoms. The first kappa shape index (κ1) is 22.4.